The Balaban J connectivity index is 1.88. The van der Waals surface area contributed by atoms with Crippen LogP contribution >= 0.6 is 0 Å². The maximum absolute atomic E-state index is 11.5. The quantitative estimate of drug-likeness (QED) is 0.613. The van der Waals surface area contributed by atoms with Gasteiger partial charge in [-0.25, -0.2) is 4.68 Å². The van der Waals surface area contributed by atoms with Crippen LogP contribution in [0.3, 0.4) is 0 Å². The molecular formula is C22H23N5O. The fraction of sp³-hybridized carbons (Fsp3) is 0.182. The van der Waals surface area contributed by atoms with Crippen LogP contribution in [-0.4, -0.2) is 30.3 Å². The van der Waals surface area contributed by atoms with E-state index in [2.05, 4.69) is 27.1 Å². The normalized spacial score (nSPS) is 14.1. The maximum Gasteiger partial charge on any atom is 0.138 e. The highest BCUT2D eigenvalue weighted by atomic mass is 16.3. The average Bonchev–Trinajstić information content (AvgIpc) is 3.23. The average molecular weight is 373 g/mol. The van der Waals surface area contributed by atoms with Gasteiger partial charge in [0.15, 0.2) is 0 Å². The molecule has 0 fully saturated rings. The molecule has 0 aliphatic heterocycles. The molecule has 142 valence electrons. The standard InChI is InChI=1S/C22H23N5O/c1-3-5-9-18(4-2)19-12-13-21(23-15-19)14-22(28,16-27-17-24-25-26-27)20-10-7-6-8-11-20/h3-13,15,17,28H,2,14,16H2,1H3/b5-3-,18-9+/t22-/m0/s1. The van der Waals surface area contributed by atoms with Crippen molar-refractivity contribution in [2.45, 2.75) is 25.5 Å². The lowest BCUT2D eigenvalue weighted by Crippen LogP contribution is -2.34. The van der Waals surface area contributed by atoms with E-state index in [1.807, 2.05) is 67.6 Å². The Kier molecular flexibility index (Phi) is 6.24. The van der Waals surface area contributed by atoms with Gasteiger partial charge in [-0.15, -0.1) is 5.10 Å². The largest absolute Gasteiger partial charge is 0.383 e. The van der Waals surface area contributed by atoms with Crippen molar-refractivity contribution >= 4 is 5.57 Å². The Morgan fingerprint density at radius 1 is 1.21 bits per heavy atom. The number of pyridine rings is 1. The topological polar surface area (TPSA) is 76.7 Å². The van der Waals surface area contributed by atoms with Crippen LogP contribution in [0.15, 0.2) is 85.9 Å². The van der Waals surface area contributed by atoms with Gasteiger partial charge in [-0.1, -0.05) is 67.3 Å². The highest BCUT2D eigenvalue weighted by Crippen LogP contribution is 2.27. The van der Waals surface area contributed by atoms with E-state index in [-0.39, 0.29) is 6.54 Å². The first kappa shape index (κ1) is 19.4. The first-order valence-electron chi connectivity index (χ1n) is 9.04. The Morgan fingerprint density at radius 2 is 2.04 bits per heavy atom. The van der Waals surface area contributed by atoms with E-state index >= 15 is 0 Å². The molecule has 28 heavy (non-hydrogen) atoms. The first-order chi connectivity index (χ1) is 13.6. The molecule has 0 aliphatic carbocycles. The van der Waals surface area contributed by atoms with Crippen LogP contribution in [0.2, 0.25) is 0 Å². The fourth-order valence-electron chi connectivity index (χ4n) is 3.00. The van der Waals surface area contributed by atoms with E-state index in [0.29, 0.717) is 6.42 Å². The predicted molar refractivity (Wildman–Crippen MR) is 109 cm³/mol. The van der Waals surface area contributed by atoms with Crippen molar-refractivity contribution < 1.29 is 5.11 Å². The summed E-state index contributed by atoms with van der Waals surface area (Å²) >= 11 is 0. The third kappa shape index (κ3) is 4.66. The summed E-state index contributed by atoms with van der Waals surface area (Å²) in [5.74, 6) is 0. The lowest BCUT2D eigenvalue weighted by atomic mass is 9.88. The molecule has 0 unspecified atom stereocenters. The van der Waals surface area contributed by atoms with Crippen molar-refractivity contribution in [3.8, 4) is 0 Å². The SMILES string of the molecule is C=C/C(=C\C=C/C)c1ccc(C[C@](O)(Cn2cnnn2)c2ccccc2)nc1. The molecule has 0 saturated carbocycles. The van der Waals surface area contributed by atoms with Crippen LogP contribution < -0.4 is 0 Å². The molecular weight excluding hydrogens is 350 g/mol. The number of tetrazole rings is 1. The Labute approximate surface area is 164 Å². The molecule has 3 rings (SSSR count). The van der Waals surface area contributed by atoms with Gasteiger partial charge in [0.25, 0.3) is 0 Å². The number of hydrogen-bond donors (Lipinski definition) is 1. The summed E-state index contributed by atoms with van der Waals surface area (Å²) in [6.45, 7) is 6.06. The van der Waals surface area contributed by atoms with E-state index in [9.17, 15) is 5.11 Å². The minimum absolute atomic E-state index is 0.229. The van der Waals surface area contributed by atoms with Crippen molar-refractivity contribution in [2.24, 2.45) is 0 Å². The molecule has 0 aliphatic rings. The molecule has 0 saturated heterocycles. The van der Waals surface area contributed by atoms with Gasteiger partial charge in [0.05, 0.1) is 6.54 Å². The van der Waals surface area contributed by atoms with Gasteiger partial charge in [0.2, 0.25) is 0 Å². The van der Waals surface area contributed by atoms with Gasteiger partial charge in [0.1, 0.15) is 11.9 Å². The Bertz CT molecular complexity index is 946. The number of aromatic nitrogens is 5. The molecule has 6 heteroatoms. The molecule has 0 amide bonds. The van der Waals surface area contributed by atoms with Crippen molar-refractivity contribution in [3.05, 3.63) is 103 Å². The minimum atomic E-state index is -1.19. The predicted octanol–water partition coefficient (Wildman–Crippen LogP) is 3.34. The van der Waals surface area contributed by atoms with Gasteiger partial charge >= 0.3 is 0 Å². The molecule has 2 heterocycles. The van der Waals surface area contributed by atoms with E-state index in [1.165, 1.54) is 11.0 Å². The molecule has 0 radical (unpaired) electrons. The lowest BCUT2D eigenvalue weighted by molar-refractivity contribution is 0.0137. The lowest BCUT2D eigenvalue weighted by Gasteiger charge is -2.28. The van der Waals surface area contributed by atoms with Gasteiger partial charge < -0.3 is 5.11 Å². The summed E-state index contributed by atoms with van der Waals surface area (Å²) < 4.78 is 1.52. The second kappa shape index (κ2) is 9.01. The molecule has 6 nitrogen and oxygen atoms in total. The monoisotopic (exact) mass is 373 g/mol. The number of rotatable bonds is 8. The zero-order chi connectivity index (χ0) is 19.8. The van der Waals surface area contributed by atoms with E-state index in [4.69, 9.17) is 0 Å². The Morgan fingerprint density at radius 3 is 2.64 bits per heavy atom. The van der Waals surface area contributed by atoms with E-state index in [0.717, 1.165) is 22.4 Å². The first-order valence-corrected chi connectivity index (χ1v) is 9.04. The number of aliphatic hydroxyl groups is 1. The van der Waals surface area contributed by atoms with Crippen LogP contribution in [0.5, 0.6) is 0 Å². The summed E-state index contributed by atoms with van der Waals surface area (Å²) in [5, 5.41) is 22.7. The van der Waals surface area contributed by atoms with Crippen LogP contribution in [0, 0.1) is 0 Å². The van der Waals surface area contributed by atoms with Crippen LogP contribution in [-0.2, 0) is 18.6 Å². The van der Waals surface area contributed by atoms with Gasteiger partial charge in [-0.2, -0.15) is 0 Å². The zero-order valence-corrected chi connectivity index (χ0v) is 15.8. The van der Waals surface area contributed by atoms with E-state index in [1.54, 1.807) is 12.3 Å². The van der Waals surface area contributed by atoms with Gasteiger partial charge in [-0.05, 0) is 40.1 Å². The summed E-state index contributed by atoms with van der Waals surface area (Å²) in [4.78, 5) is 4.56. The second-order valence-electron chi connectivity index (χ2n) is 6.47. The zero-order valence-electron chi connectivity index (χ0n) is 15.8. The molecule has 0 bridgehead atoms. The van der Waals surface area contributed by atoms with Crippen LogP contribution in [0.25, 0.3) is 5.57 Å². The smallest absolute Gasteiger partial charge is 0.138 e. The third-order valence-electron chi connectivity index (χ3n) is 4.45. The molecule has 3 aromatic rings. The summed E-state index contributed by atoms with van der Waals surface area (Å²) in [6.07, 6.45) is 11.3. The number of benzene rings is 1. The maximum atomic E-state index is 11.5. The summed E-state index contributed by atoms with van der Waals surface area (Å²) in [6, 6.07) is 13.4. The minimum Gasteiger partial charge on any atom is -0.383 e. The van der Waals surface area contributed by atoms with Crippen molar-refractivity contribution in [3.63, 3.8) is 0 Å². The van der Waals surface area contributed by atoms with Gasteiger partial charge in [-0.3, -0.25) is 4.98 Å². The molecule has 1 aromatic carbocycles. The second-order valence-corrected chi connectivity index (χ2v) is 6.47. The molecule has 0 spiro atoms. The molecule has 1 atom stereocenters. The third-order valence-corrected chi connectivity index (χ3v) is 4.45. The van der Waals surface area contributed by atoms with Crippen molar-refractivity contribution in [2.75, 3.05) is 0 Å². The molecule has 1 N–H and O–H groups in total. The number of hydrogen-bond acceptors (Lipinski definition) is 5. The number of allylic oxidation sites excluding steroid dienone is 5. The molecule has 2 aromatic heterocycles. The Hall–Kier alpha value is -3.38. The fourth-order valence-corrected chi connectivity index (χ4v) is 3.00. The van der Waals surface area contributed by atoms with Crippen LogP contribution in [0.4, 0.5) is 0 Å². The number of nitrogens with zero attached hydrogens (tertiary/aromatic N) is 5. The van der Waals surface area contributed by atoms with E-state index < -0.39 is 5.60 Å². The van der Waals surface area contributed by atoms with Crippen molar-refractivity contribution in [1.29, 1.82) is 0 Å². The summed E-state index contributed by atoms with van der Waals surface area (Å²) in [7, 11) is 0. The van der Waals surface area contributed by atoms with Crippen LogP contribution in [0.1, 0.15) is 23.7 Å². The van der Waals surface area contributed by atoms with Crippen molar-refractivity contribution in [1.82, 2.24) is 25.2 Å². The highest BCUT2D eigenvalue weighted by Gasteiger charge is 2.31. The summed E-state index contributed by atoms with van der Waals surface area (Å²) in [5.41, 5.74) is 2.34. The van der Waals surface area contributed by atoms with Gasteiger partial charge in [0, 0.05) is 18.3 Å². The highest BCUT2D eigenvalue weighted by molar-refractivity contribution is 5.74.